The summed E-state index contributed by atoms with van der Waals surface area (Å²) in [6.45, 7) is 4.59. The van der Waals surface area contributed by atoms with Crippen LogP contribution in [0.25, 0.3) is 0 Å². The molecule has 2 rings (SSSR count). The third kappa shape index (κ3) is 3.85. The minimum atomic E-state index is -0.290. The second kappa shape index (κ2) is 6.35. The molecule has 0 bridgehead atoms. The van der Waals surface area contributed by atoms with Crippen LogP contribution in [0.3, 0.4) is 0 Å². The molecule has 4 heteroatoms. The number of hydrogen-bond acceptors (Lipinski definition) is 2. The Hall–Kier alpha value is -0.450. The molecule has 1 fully saturated rings. The molecule has 1 saturated carbocycles. The Kier molecular flexibility index (Phi) is 5.11. The van der Waals surface area contributed by atoms with Gasteiger partial charge in [0, 0.05) is 17.6 Å². The average Bonchev–Trinajstić information content (AvgIpc) is 2.43. The fourth-order valence-electron chi connectivity index (χ4n) is 3.20. The first-order chi connectivity index (χ1) is 9.78. The molecule has 1 aliphatic carbocycles. The minimum absolute atomic E-state index is 0.128. The predicted octanol–water partition coefficient (Wildman–Crippen LogP) is 4.44. The van der Waals surface area contributed by atoms with Crippen molar-refractivity contribution in [3.63, 3.8) is 0 Å². The van der Waals surface area contributed by atoms with Crippen LogP contribution in [-0.4, -0.2) is 18.8 Å². The number of hydrogen-bond donors (Lipinski definition) is 1. The van der Waals surface area contributed by atoms with Crippen LogP contribution in [0.15, 0.2) is 22.7 Å². The van der Waals surface area contributed by atoms with Crippen LogP contribution < -0.4 is 5.73 Å². The van der Waals surface area contributed by atoms with E-state index in [9.17, 15) is 4.39 Å². The van der Waals surface area contributed by atoms with Gasteiger partial charge in [0.05, 0.1) is 5.60 Å². The summed E-state index contributed by atoms with van der Waals surface area (Å²) in [6, 6.07) is 4.62. The van der Waals surface area contributed by atoms with Gasteiger partial charge in [-0.3, -0.25) is 0 Å². The van der Waals surface area contributed by atoms with Gasteiger partial charge < -0.3 is 10.5 Å². The molecule has 2 N–H and O–H groups in total. The summed E-state index contributed by atoms with van der Waals surface area (Å²) in [4.78, 5) is 0. The highest BCUT2D eigenvalue weighted by atomic mass is 79.9. The maximum Gasteiger partial charge on any atom is 0.123 e. The predicted molar refractivity (Wildman–Crippen MR) is 87.8 cm³/mol. The second-order valence-electron chi connectivity index (χ2n) is 6.98. The van der Waals surface area contributed by atoms with E-state index in [1.165, 1.54) is 6.07 Å². The van der Waals surface area contributed by atoms with Crippen molar-refractivity contribution < 1.29 is 9.13 Å². The highest BCUT2D eigenvalue weighted by Crippen LogP contribution is 2.43. The number of rotatable bonds is 4. The lowest BCUT2D eigenvalue weighted by Gasteiger charge is -2.46. The largest absolute Gasteiger partial charge is 0.377 e. The van der Waals surface area contributed by atoms with Gasteiger partial charge in [-0.05, 0) is 61.3 Å². The van der Waals surface area contributed by atoms with E-state index in [2.05, 4.69) is 29.8 Å². The Bertz CT molecular complexity index is 494. The molecule has 0 aliphatic heterocycles. The highest BCUT2D eigenvalue weighted by Gasteiger charge is 2.42. The molecule has 0 heterocycles. The third-order valence-electron chi connectivity index (χ3n) is 4.98. The Morgan fingerprint density at radius 3 is 2.48 bits per heavy atom. The van der Waals surface area contributed by atoms with E-state index < -0.39 is 0 Å². The normalized spacial score (nSPS) is 22.0. The van der Waals surface area contributed by atoms with Gasteiger partial charge in [0.15, 0.2) is 0 Å². The molecule has 2 nitrogen and oxygen atoms in total. The van der Waals surface area contributed by atoms with Gasteiger partial charge >= 0.3 is 0 Å². The van der Waals surface area contributed by atoms with Crippen molar-refractivity contribution in [1.82, 2.24) is 0 Å². The Balaban J connectivity index is 2.14. The van der Waals surface area contributed by atoms with Crippen molar-refractivity contribution in [3.05, 3.63) is 34.1 Å². The van der Waals surface area contributed by atoms with Crippen LogP contribution in [0.5, 0.6) is 0 Å². The first-order valence-corrected chi connectivity index (χ1v) is 8.32. The van der Waals surface area contributed by atoms with Crippen LogP contribution in [-0.2, 0) is 11.2 Å². The number of methoxy groups -OCH3 is 1. The van der Waals surface area contributed by atoms with Crippen LogP contribution in [0.2, 0.25) is 0 Å². The second-order valence-corrected chi connectivity index (χ2v) is 7.83. The summed E-state index contributed by atoms with van der Waals surface area (Å²) in [7, 11) is 1.75. The zero-order valence-electron chi connectivity index (χ0n) is 13.1. The summed E-state index contributed by atoms with van der Waals surface area (Å²) in [5.41, 5.74) is 7.44. The van der Waals surface area contributed by atoms with E-state index >= 15 is 0 Å². The van der Waals surface area contributed by atoms with E-state index in [1.807, 2.05) is 0 Å². The summed E-state index contributed by atoms with van der Waals surface area (Å²) in [6.07, 6.45) is 4.76. The molecular formula is C17H25BrFNO. The smallest absolute Gasteiger partial charge is 0.123 e. The standard InChI is InChI=1S/C17H25BrFNO/c1-16(2)6-8-17(21-3,9-7-16)15(20)11-12-10-13(19)4-5-14(12)18/h4-5,10,15H,6-9,11,20H2,1-3H3. The van der Waals surface area contributed by atoms with E-state index in [-0.39, 0.29) is 17.5 Å². The molecule has 1 aromatic rings. The quantitative estimate of drug-likeness (QED) is 0.864. The van der Waals surface area contributed by atoms with Crippen molar-refractivity contribution in [3.8, 4) is 0 Å². The number of nitrogens with two attached hydrogens (primary N) is 1. The van der Waals surface area contributed by atoms with Crippen LogP contribution >= 0.6 is 15.9 Å². The first-order valence-electron chi connectivity index (χ1n) is 7.53. The van der Waals surface area contributed by atoms with Gasteiger partial charge in [0.2, 0.25) is 0 Å². The molecule has 1 aromatic carbocycles. The van der Waals surface area contributed by atoms with Crippen LogP contribution in [0, 0.1) is 11.2 Å². The monoisotopic (exact) mass is 357 g/mol. The van der Waals surface area contributed by atoms with Gasteiger partial charge in [0.1, 0.15) is 5.82 Å². The Morgan fingerprint density at radius 2 is 1.90 bits per heavy atom. The van der Waals surface area contributed by atoms with Crippen LogP contribution in [0.4, 0.5) is 4.39 Å². The SMILES string of the molecule is COC1(C(N)Cc2cc(F)ccc2Br)CCC(C)(C)CC1. The Labute approximate surface area is 135 Å². The number of ether oxygens (including phenoxy) is 1. The van der Waals surface area contributed by atoms with Crippen molar-refractivity contribution in [2.45, 2.75) is 57.6 Å². The van der Waals surface area contributed by atoms with E-state index in [1.54, 1.807) is 19.2 Å². The van der Waals surface area contributed by atoms with Gasteiger partial charge in [-0.1, -0.05) is 29.8 Å². The summed E-state index contributed by atoms with van der Waals surface area (Å²) < 4.78 is 20.2. The molecular weight excluding hydrogens is 333 g/mol. The lowest BCUT2D eigenvalue weighted by molar-refractivity contribution is -0.0781. The fraction of sp³-hybridized carbons (Fsp3) is 0.647. The molecule has 0 radical (unpaired) electrons. The molecule has 0 amide bonds. The van der Waals surface area contributed by atoms with Gasteiger partial charge in [0.25, 0.3) is 0 Å². The lowest BCUT2D eigenvalue weighted by atomic mass is 9.68. The summed E-state index contributed by atoms with van der Waals surface area (Å²) in [5, 5.41) is 0. The molecule has 1 unspecified atom stereocenters. The zero-order valence-corrected chi connectivity index (χ0v) is 14.7. The van der Waals surface area contributed by atoms with E-state index in [0.29, 0.717) is 11.8 Å². The van der Waals surface area contributed by atoms with Gasteiger partial charge in [-0.15, -0.1) is 0 Å². The average molecular weight is 358 g/mol. The third-order valence-corrected chi connectivity index (χ3v) is 5.75. The summed E-state index contributed by atoms with van der Waals surface area (Å²) in [5.74, 6) is -0.225. The van der Waals surface area contributed by atoms with Crippen molar-refractivity contribution in [2.75, 3.05) is 7.11 Å². The van der Waals surface area contributed by atoms with E-state index in [0.717, 1.165) is 35.7 Å². The van der Waals surface area contributed by atoms with Crippen LogP contribution in [0.1, 0.15) is 45.1 Å². The molecule has 1 aliphatic rings. The highest BCUT2D eigenvalue weighted by molar-refractivity contribution is 9.10. The molecule has 0 spiro atoms. The molecule has 1 atom stereocenters. The molecule has 0 saturated heterocycles. The zero-order chi connectivity index (χ0) is 15.7. The van der Waals surface area contributed by atoms with Crippen molar-refractivity contribution in [2.24, 2.45) is 11.1 Å². The molecule has 118 valence electrons. The summed E-state index contributed by atoms with van der Waals surface area (Å²) >= 11 is 3.48. The van der Waals surface area contributed by atoms with E-state index in [4.69, 9.17) is 10.5 Å². The fourth-order valence-corrected chi connectivity index (χ4v) is 3.61. The number of halogens is 2. The van der Waals surface area contributed by atoms with Crippen molar-refractivity contribution in [1.29, 1.82) is 0 Å². The molecule has 0 aromatic heterocycles. The van der Waals surface area contributed by atoms with Gasteiger partial charge in [-0.2, -0.15) is 0 Å². The maximum atomic E-state index is 13.4. The van der Waals surface area contributed by atoms with Crippen molar-refractivity contribution >= 4 is 15.9 Å². The minimum Gasteiger partial charge on any atom is -0.377 e. The number of benzene rings is 1. The molecule has 21 heavy (non-hydrogen) atoms. The topological polar surface area (TPSA) is 35.2 Å². The Morgan fingerprint density at radius 1 is 1.29 bits per heavy atom. The maximum absolute atomic E-state index is 13.4. The first kappa shape index (κ1) is 16.9. The van der Waals surface area contributed by atoms with Gasteiger partial charge in [-0.25, -0.2) is 4.39 Å². The lowest BCUT2D eigenvalue weighted by Crippen LogP contribution is -2.53.